The number of methoxy groups -OCH3 is 1. The lowest BCUT2D eigenvalue weighted by Gasteiger charge is -2.21. The molecule has 120 valence electrons. The van der Waals surface area contributed by atoms with Crippen molar-refractivity contribution in [3.05, 3.63) is 29.3 Å². The van der Waals surface area contributed by atoms with E-state index in [9.17, 15) is 0 Å². The Kier molecular flexibility index (Phi) is 7.76. The molecule has 0 fully saturated rings. The summed E-state index contributed by atoms with van der Waals surface area (Å²) in [6, 6.07) is 6.36. The fraction of sp³-hybridized carbons (Fsp3) is 0.667. The van der Waals surface area contributed by atoms with E-state index in [-0.39, 0.29) is 6.10 Å². The monoisotopic (exact) mass is 293 g/mol. The Morgan fingerprint density at radius 1 is 1.10 bits per heavy atom. The lowest BCUT2D eigenvalue weighted by Crippen LogP contribution is -2.36. The van der Waals surface area contributed by atoms with Crippen molar-refractivity contribution in [1.82, 2.24) is 5.32 Å². The van der Waals surface area contributed by atoms with E-state index < -0.39 is 0 Å². The Morgan fingerprint density at radius 3 is 2.33 bits per heavy atom. The van der Waals surface area contributed by atoms with E-state index in [2.05, 4.69) is 58.1 Å². The number of benzene rings is 1. The van der Waals surface area contributed by atoms with E-state index in [1.54, 1.807) is 7.11 Å². The summed E-state index contributed by atoms with van der Waals surface area (Å²) in [7, 11) is 1.71. The Balaban J connectivity index is 2.63. The average Bonchev–Trinajstić information content (AvgIpc) is 2.38. The first-order valence-corrected chi connectivity index (χ1v) is 7.90. The quantitative estimate of drug-likeness (QED) is 0.752. The minimum Gasteiger partial charge on any atom is -0.487 e. The summed E-state index contributed by atoms with van der Waals surface area (Å²) in [6.45, 7) is 13.4. The molecular formula is C18H31NO2. The van der Waals surface area contributed by atoms with Gasteiger partial charge < -0.3 is 14.8 Å². The van der Waals surface area contributed by atoms with Crippen LogP contribution in [0.4, 0.5) is 0 Å². The zero-order valence-corrected chi connectivity index (χ0v) is 14.4. The summed E-state index contributed by atoms with van der Waals surface area (Å²) >= 11 is 0. The molecular weight excluding hydrogens is 262 g/mol. The fourth-order valence-corrected chi connectivity index (χ4v) is 2.42. The largest absolute Gasteiger partial charge is 0.487 e. The third-order valence-corrected chi connectivity index (χ3v) is 3.44. The Bertz CT molecular complexity index is 416. The van der Waals surface area contributed by atoms with Gasteiger partial charge in [0.15, 0.2) is 0 Å². The van der Waals surface area contributed by atoms with Crippen LogP contribution < -0.4 is 10.1 Å². The molecule has 0 spiro atoms. The van der Waals surface area contributed by atoms with Gasteiger partial charge in [0.2, 0.25) is 0 Å². The van der Waals surface area contributed by atoms with Crippen molar-refractivity contribution in [2.45, 2.75) is 46.6 Å². The zero-order valence-electron chi connectivity index (χ0n) is 14.4. The van der Waals surface area contributed by atoms with Gasteiger partial charge in [0, 0.05) is 13.7 Å². The molecule has 0 saturated heterocycles. The summed E-state index contributed by atoms with van der Waals surface area (Å²) in [4.78, 5) is 0. The van der Waals surface area contributed by atoms with Crippen LogP contribution in [-0.4, -0.2) is 32.9 Å². The first-order chi connectivity index (χ1) is 9.93. The van der Waals surface area contributed by atoms with E-state index in [0.717, 1.165) is 18.8 Å². The molecule has 1 atom stereocenters. The molecule has 3 nitrogen and oxygen atoms in total. The first-order valence-electron chi connectivity index (χ1n) is 7.90. The van der Waals surface area contributed by atoms with Gasteiger partial charge in [0.1, 0.15) is 11.9 Å². The van der Waals surface area contributed by atoms with E-state index in [0.29, 0.717) is 18.4 Å². The molecule has 1 N–H and O–H groups in total. The van der Waals surface area contributed by atoms with Gasteiger partial charge in [-0.15, -0.1) is 0 Å². The number of aryl methyl sites for hydroxylation is 1. The van der Waals surface area contributed by atoms with Crippen LogP contribution in [0.2, 0.25) is 0 Å². The van der Waals surface area contributed by atoms with Crippen molar-refractivity contribution in [1.29, 1.82) is 0 Å². The van der Waals surface area contributed by atoms with Crippen LogP contribution in [0, 0.1) is 12.8 Å². The van der Waals surface area contributed by atoms with Crippen LogP contribution in [0.5, 0.6) is 5.75 Å². The number of rotatable bonds is 9. The molecule has 0 heterocycles. The molecule has 0 bridgehead atoms. The Labute approximate surface area is 130 Å². The van der Waals surface area contributed by atoms with Gasteiger partial charge in [-0.1, -0.05) is 33.8 Å². The zero-order chi connectivity index (χ0) is 15.8. The highest BCUT2D eigenvalue weighted by molar-refractivity contribution is 5.36. The highest BCUT2D eigenvalue weighted by Gasteiger charge is 2.12. The summed E-state index contributed by atoms with van der Waals surface area (Å²) in [5.74, 6) is 2.10. The Morgan fingerprint density at radius 2 is 1.81 bits per heavy atom. The third-order valence-electron chi connectivity index (χ3n) is 3.44. The van der Waals surface area contributed by atoms with Crippen molar-refractivity contribution in [3.8, 4) is 5.75 Å². The summed E-state index contributed by atoms with van der Waals surface area (Å²) in [6.07, 6.45) is 0.0399. The fourth-order valence-electron chi connectivity index (χ4n) is 2.42. The van der Waals surface area contributed by atoms with Crippen LogP contribution in [0.15, 0.2) is 18.2 Å². The van der Waals surface area contributed by atoms with Gasteiger partial charge >= 0.3 is 0 Å². The lowest BCUT2D eigenvalue weighted by atomic mass is 9.98. The second kappa shape index (κ2) is 9.06. The highest BCUT2D eigenvalue weighted by atomic mass is 16.5. The summed E-state index contributed by atoms with van der Waals surface area (Å²) in [5.41, 5.74) is 2.66. The van der Waals surface area contributed by atoms with Gasteiger partial charge in [-0.05, 0) is 48.6 Å². The molecule has 1 aromatic carbocycles. The minimum absolute atomic E-state index is 0.0399. The average molecular weight is 293 g/mol. The van der Waals surface area contributed by atoms with Crippen molar-refractivity contribution in [2.75, 3.05) is 26.8 Å². The number of nitrogens with one attached hydrogen (secondary N) is 1. The van der Waals surface area contributed by atoms with E-state index in [1.807, 2.05) is 0 Å². The van der Waals surface area contributed by atoms with Crippen LogP contribution in [0.3, 0.4) is 0 Å². The van der Waals surface area contributed by atoms with Crippen LogP contribution in [0.1, 0.15) is 44.7 Å². The van der Waals surface area contributed by atoms with E-state index >= 15 is 0 Å². The van der Waals surface area contributed by atoms with Gasteiger partial charge in [-0.3, -0.25) is 0 Å². The second-order valence-electron chi connectivity index (χ2n) is 6.42. The molecule has 0 aromatic heterocycles. The molecule has 21 heavy (non-hydrogen) atoms. The maximum atomic E-state index is 6.06. The molecule has 0 aliphatic carbocycles. The molecule has 0 amide bonds. The first kappa shape index (κ1) is 18.0. The van der Waals surface area contributed by atoms with Gasteiger partial charge in [0.05, 0.1) is 6.61 Å². The molecule has 3 heteroatoms. The second-order valence-corrected chi connectivity index (χ2v) is 6.42. The number of hydrogen-bond acceptors (Lipinski definition) is 3. The predicted octanol–water partition coefficient (Wildman–Crippen LogP) is 3.76. The van der Waals surface area contributed by atoms with E-state index in [4.69, 9.17) is 9.47 Å². The highest BCUT2D eigenvalue weighted by Crippen LogP contribution is 2.24. The van der Waals surface area contributed by atoms with Crippen LogP contribution >= 0.6 is 0 Å². The molecule has 0 aliphatic heterocycles. The SMILES string of the molecule is COCC(CNCC(C)C)Oc1ccc(C(C)C)c(C)c1. The Hall–Kier alpha value is -1.06. The third kappa shape index (κ3) is 6.49. The summed E-state index contributed by atoms with van der Waals surface area (Å²) < 4.78 is 11.3. The van der Waals surface area contributed by atoms with Crippen molar-refractivity contribution in [3.63, 3.8) is 0 Å². The lowest BCUT2D eigenvalue weighted by molar-refractivity contribution is 0.0802. The summed E-state index contributed by atoms with van der Waals surface area (Å²) in [5, 5.41) is 3.43. The molecule has 0 aliphatic rings. The van der Waals surface area contributed by atoms with Gasteiger partial charge in [0.25, 0.3) is 0 Å². The normalized spacial score (nSPS) is 13.0. The van der Waals surface area contributed by atoms with Crippen LogP contribution in [-0.2, 0) is 4.74 Å². The van der Waals surface area contributed by atoms with Crippen LogP contribution in [0.25, 0.3) is 0 Å². The molecule has 1 aromatic rings. The maximum Gasteiger partial charge on any atom is 0.134 e. The smallest absolute Gasteiger partial charge is 0.134 e. The number of hydrogen-bond donors (Lipinski definition) is 1. The van der Waals surface area contributed by atoms with Crippen molar-refractivity contribution >= 4 is 0 Å². The topological polar surface area (TPSA) is 30.5 Å². The molecule has 0 radical (unpaired) electrons. The van der Waals surface area contributed by atoms with Gasteiger partial charge in [-0.2, -0.15) is 0 Å². The molecule has 0 saturated carbocycles. The van der Waals surface area contributed by atoms with Gasteiger partial charge in [-0.25, -0.2) is 0 Å². The van der Waals surface area contributed by atoms with E-state index in [1.165, 1.54) is 11.1 Å². The minimum atomic E-state index is 0.0399. The van der Waals surface area contributed by atoms with Crippen molar-refractivity contribution < 1.29 is 9.47 Å². The predicted molar refractivity (Wildman–Crippen MR) is 89.3 cm³/mol. The standard InChI is InChI=1S/C18H31NO2/c1-13(2)10-19-11-17(12-20-6)21-16-7-8-18(14(3)4)15(5)9-16/h7-9,13-14,17,19H,10-12H2,1-6H3. The maximum absolute atomic E-state index is 6.06. The molecule has 1 rings (SSSR count). The van der Waals surface area contributed by atoms with Crippen molar-refractivity contribution in [2.24, 2.45) is 5.92 Å². The molecule has 1 unspecified atom stereocenters. The number of ether oxygens (including phenoxy) is 2.